The molecule has 0 atom stereocenters. The van der Waals surface area contributed by atoms with Crippen LogP contribution in [0.5, 0.6) is 5.75 Å². The Morgan fingerprint density at radius 2 is 2.00 bits per heavy atom. The number of ether oxygens (including phenoxy) is 1. The molecule has 0 unspecified atom stereocenters. The van der Waals surface area contributed by atoms with Crippen LogP contribution in [-0.4, -0.2) is 34.2 Å². The number of hydrogen-bond acceptors (Lipinski definition) is 6. The van der Waals surface area contributed by atoms with Crippen molar-refractivity contribution in [2.75, 3.05) is 11.0 Å². The van der Waals surface area contributed by atoms with Gasteiger partial charge in [-0.15, -0.1) is 0 Å². The number of sulfonamides is 2. The summed E-state index contributed by atoms with van der Waals surface area (Å²) in [5, 5.41) is 4.99. The minimum absolute atomic E-state index is 0.0439. The third kappa shape index (κ3) is 4.04. The summed E-state index contributed by atoms with van der Waals surface area (Å²) in [5.41, 5.74) is 0. The first-order chi connectivity index (χ1) is 8.65. The molecular formula is C9H13N3O5S2. The Bertz CT molecular complexity index is 695. The van der Waals surface area contributed by atoms with Gasteiger partial charge in [-0.1, -0.05) is 0 Å². The van der Waals surface area contributed by atoms with Crippen molar-refractivity contribution in [1.29, 1.82) is 0 Å². The van der Waals surface area contributed by atoms with Gasteiger partial charge in [0.15, 0.2) is 11.6 Å². The van der Waals surface area contributed by atoms with Gasteiger partial charge in [-0.2, -0.15) is 0 Å². The van der Waals surface area contributed by atoms with E-state index in [1.165, 1.54) is 0 Å². The zero-order chi connectivity index (χ0) is 14.3. The highest BCUT2D eigenvalue weighted by Gasteiger charge is 2.26. The summed E-state index contributed by atoms with van der Waals surface area (Å²) in [6.45, 7) is 0. The molecule has 2 rings (SSSR count). The van der Waals surface area contributed by atoms with Crippen molar-refractivity contribution >= 4 is 25.9 Å². The van der Waals surface area contributed by atoms with Crippen LogP contribution in [-0.2, 0) is 20.0 Å². The highest BCUT2D eigenvalue weighted by Crippen LogP contribution is 2.32. The lowest BCUT2D eigenvalue weighted by atomic mass is 10.4. The molecule has 106 valence electrons. The average Bonchev–Trinajstić information content (AvgIpc) is 3.00. The van der Waals surface area contributed by atoms with Crippen LogP contribution in [0.2, 0.25) is 0 Å². The summed E-state index contributed by atoms with van der Waals surface area (Å²) in [6.07, 6.45) is 3.55. The first-order valence-corrected chi connectivity index (χ1v) is 8.76. The summed E-state index contributed by atoms with van der Waals surface area (Å²) in [6, 6.07) is 1.16. The zero-order valence-electron chi connectivity index (χ0n) is 10.0. The average molecular weight is 307 g/mol. The Morgan fingerprint density at radius 3 is 2.47 bits per heavy atom. The Morgan fingerprint density at radius 1 is 1.37 bits per heavy atom. The lowest BCUT2D eigenvalue weighted by Crippen LogP contribution is -2.16. The molecule has 1 saturated carbocycles. The van der Waals surface area contributed by atoms with Crippen molar-refractivity contribution in [2.45, 2.75) is 23.8 Å². The fourth-order valence-electron chi connectivity index (χ4n) is 1.29. The molecule has 0 bridgehead atoms. The number of aromatic nitrogens is 1. The van der Waals surface area contributed by atoms with E-state index in [-0.39, 0.29) is 22.6 Å². The summed E-state index contributed by atoms with van der Waals surface area (Å²) in [7, 11) is -7.46. The van der Waals surface area contributed by atoms with E-state index in [4.69, 9.17) is 9.88 Å². The van der Waals surface area contributed by atoms with Crippen molar-refractivity contribution in [1.82, 2.24) is 4.98 Å². The van der Waals surface area contributed by atoms with E-state index < -0.39 is 20.0 Å². The van der Waals surface area contributed by atoms with Gasteiger partial charge in [0.1, 0.15) is 4.90 Å². The number of anilines is 1. The molecule has 0 saturated heterocycles. The fourth-order valence-corrected chi connectivity index (χ4v) is 2.27. The van der Waals surface area contributed by atoms with E-state index in [2.05, 4.69) is 9.71 Å². The summed E-state index contributed by atoms with van der Waals surface area (Å²) >= 11 is 0. The molecule has 0 spiro atoms. The third-order valence-corrected chi connectivity index (χ3v) is 3.70. The Labute approximate surface area is 111 Å². The van der Waals surface area contributed by atoms with Crippen molar-refractivity contribution in [3.63, 3.8) is 0 Å². The van der Waals surface area contributed by atoms with Crippen LogP contribution in [0.25, 0.3) is 0 Å². The minimum atomic E-state index is -3.92. The van der Waals surface area contributed by atoms with Gasteiger partial charge < -0.3 is 4.74 Å². The molecular weight excluding hydrogens is 294 g/mol. The van der Waals surface area contributed by atoms with Gasteiger partial charge in [-0.05, 0) is 12.8 Å². The van der Waals surface area contributed by atoms with E-state index in [1.807, 2.05) is 0 Å². The lowest BCUT2D eigenvalue weighted by Gasteiger charge is -2.11. The van der Waals surface area contributed by atoms with Crippen LogP contribution in [0.4, 0.5) is 5.82 Å². The van der Waals surface area contributed by atoms with Gasteiger partial charge in [-0.3, -0.25) is 4.72 Å². The van der Waals surface area contributed by atoms with Gasteiger partial charge in [0, 0.05) is 12.3 Å². The molecule has 10 heteroatoms. The molecule has 1 aromatic heterocycles. The third-order valence-electron chi connectivity index (χ3n) is 2.26. The van der Waals surface area contributed by atoms with Crippen LogP contribution < -0.4 is 14.6 Å². The molecule has 1 aliphatic carbocycles. The quantitative estimate of drug-likeness (QED) is 0.764. The van der Waals surface area contributed by atoms with E-state index in [9.17, 15) is 16.8 Å². The molecule has 1 aromatic rings. The Hall–Kier alpha value is -1.39. The topological polar surface area (TPSA) is 128 Å². The van der Waals surface area contributed by atoms with Crippen molar-refractivity contribution in [3.8, 4) is 5.75 Å². The van der Waals surface area contributed by atoms with Gasteiger partial charge in [-0.25, -0.2) is 27.0 Å². The molecule has 0 radical (unpaired) electrons. The number of pyridine rings is 1. The maximum absolute atomic E-state index is 11.2. The van der Waals surface area contributed by atoms with Gasteiger partial charge >= 0.3 is 0 Å². The Balaban J connectivity index is 2.41. The van der Waals surface area contributed by atoms with Crippen molar-refractivity contribution < 1.29 is 21.6 Å². The second-order valence-corrected chi connectivity index (χ2v) is 7.56. The summed E-state index contributed by atoms with van der Waals surface area (Å²) in [4.78, 5) is 3.50. The molecule has 1 aliphatic rings. The number of primary sulfonamides is 1. The zero-order valence-corrected chi connectivity index (χ0v) is 11.7. The van der Waals surface area contributed by atoms with Gasteiger partial charge in [0.2, 0.25) is 20.0 Å². The van der Waals surface area contributed by atoms with Crippen LogP contribution in [0.15, 0.2) is 17.2 Å². The van der Waals surface area contributed by atoms with Crippen molar-refractivity contribution in [2.24, 2.45) is 5.14 Å². The van der Waals surface area contributed by atoms with Crippen molar-refractivity contribution in [3.05, 3.63) is 12.3 Å². The second-order valence-electron chi connectivity index (χ2n) is 4.25. The molecule has 3 N–H and O–H groups in total. The van der Waals surface area contributed by atoms with Crippen LogP contribution in [0.1, 0.15) is 12.8 Å². The van der Waals surface area contributed by atoms with Crippen LogP contribution >= 0.6 is 0 Å². The number of nitrogens with two attached hydrogens (primary N) is 1. The van der Waals surface area contributed by atoms with E-state index >= 15 is 0 Å². The normalized spacial score (nSPS) is 16.1. The molecule has 0 aromatic carbocycles. The maximum Gasteiger partial charge on any atom is 0.239 e. The standard InChI is InChI=1S/C9H13N3O5S2/c1-18(13,14)12-9-8(17-6-2-3-6)4-7(5-11-9)19(10,15)16/h4-6H,2-3H2,1H3,(H,11,12)(H2,10,15,16). The number of hydrogen-bond donors (Lipinski definition) is 2. The molecule has 8 nitrogen and oxygen atoms in total. The Kier molecular flexibility index (Phi) is 3.41. The molecule has 1 fully saturated rings. The first kappa shape index (κ1) is 14.0. The molecule has 1 heterocycles. The number of rotatable bonds is 5. The monoisotopic (exact) mass is 307 g/mol. The number of nitrogens with zero attached hydrogens (tertiary/aromatic N) is 1. The largest absolute Gasteiger partial charge is 0.486 e. The predicted octanol–water partition coefficient (Wildman–Crippen LogP) is -0.358. The SMILES string of the molecule is CS(=O)(=O)Nc1ncc(S(N)(=O)=O)cc1OC1CC1. The smallest absolute Gasteiger partial charge is 0.239 e. The van der Waals surface area contributed by atoms with Gasteiger partial charge in [0.05, 0.1) is 12.4 Å². The maximum atomic E-state index is 11.2. The van der Waals surface area contributed by atoms with E-state index in [1.54, 1.807) is 0 Å². The molecule has 19 heavy (non-hydrogen) atoms. The summed E-state index contributed by atoms with van der Waals surface area (Å²) in [5.74, 6) is 0.00116. The summed E-state index contributed by atoms with van der Waals surface area (Å²) < 4.78 is 52.4. The minimum Gasteiger partial charge on any atom is -0.486 e. The van der Waals surface area contributed by atoms with E-state index in [0.29, 0.717) is 0 Å². The lowest BCUT2D eigenvalue weighted by molar-refractivity contribution is 0.303. The second kappa shape index (κ2) is 4.62. The van der Waals surface area contributed by atoms with Crippen LogP contribution in [0, 0.1) is 0 Å². The highest BCUT2D eigenvalue weighted by molar-refractivity contribution is 7.92. The fraction of sp³-hybridized carbons (Fsp3) is 0.444. The van der Waals surface area contributed by atoms with Gasteiger partial charge in [0.25, 0.3) is 0 Å². The highest BCUT2D eigenvalue weighted by atomic mass is 32.2. The molecule has 0 amide bonds. The molecule has 0 aliphatic heterocycles. The van der Waals surface area contributed by atoms with Crippen LogP contribution in [0.3, 0.4) is 0 Å². The predicted molar refractivity (Wildman–Crippen MR) is 67.7 cm³/mol. The number of nitrogens with one attached hydrogen (secondary N) is 1. The van der Waals surface area contributed by atoms with E-state index in [0.717, 1.165) is 31.4 Å². The first-order valence-electron chi connectivity index (χ1n) is 5.32.